The number of sulfonamides is 1. The molecule has 9 heteroatoms. The molecule has 188 valence electrons. The first-order chi connectivity index (χ1) is 16.6. The number of esters is 1. The summed E-state index contributed by atoms with van der Waals surface area (Å²) in [5.41, 5.74) is -1.05. The molecule has 0 spiro atoms. The van der Waals surface area contributed by atoms with Gasteiger partial charge in [-0.05, 0) is 50.3 Å². The number of carbonyl (C=O) groups excluding carboxylic acids is 2. The fourth-order valence-corrected chi connectivity index (χ4v) is 7.52. The van der Waals surface area contributed by atoms with Gasteiger partial charge in [-0.1, -0.05) is 30.3 Å². The Kier molecular flexibility index (Phi) is 7.11. The van der Waals surface area contributed by atoms with Gasteiger partial charge in [0, 0.05) is 36.6 Å². The standard InChI is InChI=1S/C26H29F2NO5S/c1-17-8-9-24(18-6-4-3-5-7-18)35(32,33)29(17)16-19-14-23(28)21(15-22(19)27)26(25(31)34-2)12-10-20(30)11-13-26/h3-7,14-15,17,24H,8-13,16H2,1-2H3. The van der Waals surface area contributed by atoms with E-state index in [1.54, 1.807) is 31.2 Å². The van der Waals surface area contributed by atoms with Gasteiger partial charge < -0.3 is 4.74 Å². The molecule has 0 amide bonds. The van der Waals surface area contributed by atoms with Crippen LogP contribution in [-0.2, 0) is 36.3 Å². The Labute approximate surface area is 204 Å². The minimum atomic E-state index is -3.83. The maximum atomic E-state index is 15.4. The van der Waals surface area contributed by atoms with E-state index in [1.807, 2.05) is 6.07 Å². The lowest BCUT2D eigenvalue weighted by atomic mass is 9.68. The third kappa shape index (κ3) is 4.63. The molecule has 0 bridgehead atoms. The van der Waals surface area contributed by atoms with Gasteiger partial charge in [-0.3, -0.25) is 9.59 Å². The molecule has 1 aliphatic carbocycles. The largest absolute Gasteiger partial charge is 0.468 e. The second kappa shape index (κ2) is 9.78. The first kappa shape index (κ1) is 25.4. The van der Waals surface area contributed by atoms with Crippen LogP contribution in [0, 0.1) is 11.6 Å². The molecule has 2 fully saturated rings. The van der Waals surface area contributed by atoms with Crippen LogP contribution in [0.1, 0.15) is 67.4 Å². The van der Waals surface area contributed by atoms with Crippen LogP contribution in [0.4, 0.5) is 8.78 Å². The molecule has 1 saturated heterocycles. The van der Waals surface area contributed by atoms with Gasteiger partial charge in [0.2, 0.25) is 10.0 Å². The number of hydrogen-bond donors (Lipinski definition) is 0. The van der Waals surface area contributed by atoms with E-state index < -0.39 is 38.3 Å². The van der Waals surface area contributed by atoms with E-state index in [0.717, 1.165) is 12.1 Å². The second-order valence-corrected chi connectivity index (χ2v) is 11.5. The van der Waals surface area contributed by atoms with Crippen molar-refractivity contribution in [3.63, 3.8) is 0 Å². The molecule has 2 atom stereocenters. The predicted octanol–water partition coefficient (Wildman–Crippen LogP) is 4.57. The smallest absolute Gasteiger partial charge is 0.316 e. The van der Waals surface area contributed by atoms with Crippen molar-refractivity contribution in [3.05, 3.63) is 70.8 Å². The number of benzene rings is 2. The van der Waals surface area contributed by atoms with Gasteiger partial charge in [0.15, 0.2) is 0 Å². The fourth-order valence-electron chi connectivity index (χ4n) is 5.33. The van der Waals surface area contributed by atoms with E-state index in [0.29, 0.717) is 18.4 Å². The van der Waals surface area contributed by atoms with E-state index >= 15 is 8.78 Å². The molecule has 2 aliphatic rings. The number of carbonyl (C=O) groups is 2. The zero-order valence-corrected chi connectivity index (χ0v) is 20.6. The topological polar surface area (TPSA) is 80.8 Å². The Morgan fingerprint density at radius 3 is 2.37 bits per heavy atom. The van der Waals surface area contributed by atoms with Crippen LogP contribution in [-0.4, -0.2) is 37.6 Å². The monoisotopic (exact) mass is 505 g/mol. The average Bonchev–Trinajstić information content (AvgIpc) is 2.84. The summed E-state index contributed by atoms with van der Waals surface area (Å²) in [5.74, 6) is -2.37. The SMILES string of the molecule is COC(=O)C1(c2cc(F)c(CN3C(C)CCC(c4ccccc4)S3(=O)=O)cc2F)CCC(=O)CC1. The van der Waals surface area contributed by atoms with Crippen molar-refractivity contribution in [3.8, 4) is 0 Å². The summed E-state index contributed by atoms with van der Waals surface area (Å²) < 4.78 is 63.8. The van der Waals surface area contributed by atoms with Crippen LogP contribution in [0.3, 0.4) is 0 Å². The highest BCUT2D eigenvalue weighted by atomic mass is 32.2. The first-order valence-electron chi connectivity index (χ1n) is 11.7. The maximum Gasteiger partial charge on any atom is 0.316 e. The number of Topliss-reactive ketones (excluding diaryl/α,β-unsaturated/α-hetero) is 1. The van der Waals surface area contributed by atoms with Crippen molar-refractivity contribution in [1.82, 2.24) is 4.31 Å². The summed E-state index contributed by atoms with van der Waals surface area (Å²) in [6, 6.07) is 10.4. The third-order valence-electron chi connectivity index (χ3n) is 7.41. The molecular formula is C26H29F2NO5S. The molecule has 2 aromatic carbocycles. The highest BCUT2D eigenvalue weighted by molar-refractivity contribution is 7.89. The van der Waals surface area contributed by atoms with Gasteiger partial charge in [0.05, 0.1) is 12.5 Å². The normalized spacial score (nSPS) is 24.2. The Morgan fingerprint density at radius 1 is 1.09 bits per heavy atom. The summed E-state index contributed by atoms with van der Waals surface area (Å²) in [6.45, 7) is 1.44. The van der Waals surface area contributed by atoms with Crippen LogP contribution in [0.5, 0.6) is 0 Å². The van der Waals surface area contributed by atoms with Gasteiger partial charge in [-0.15, -0.1) is 0 Å². The molecule has 0 N–H and O–H groups in total. The van der Waals surface area contributed by atoms with Crippen LogP contribution in [0.2, 0.25) is 0 Å². The zero-order chi connectivity index (χ0) is 25.4. The van der Waals surface area contributed by atoms with Crippen molar-refractivity contribution < 1.29 is 31.5 Å². The number of halogens is 2. The molecule has 6 nitrogen and oxygen atoms in total. The highest BCUT2D eigenvalue weighted by Crippen LogP contribution is 2.42. The average molecular weight is 506 g/mol. The second-order valence-electron chi connectivity index (χ2n) is 9.45. The Morgan fingerprint density at radius 2 is 1.74 bits per heavy atom. The predicted molar refractivity (Wildman–Crippen MR) is 126 cm³/mol. The van der Waals surface area contributed by atoms with Crippen molar-refractivity contribution in [2.75, 3.05) is 7.11 Å². The molecule has 0 aromatic heterocycles. The zero-order valence-electron chi connectivity index (χ0n) is 19.8. The number of methoxy groups -OCH3 is 1. The summed E-state index contributed by atoms with van der Waals surface area (Å²) >= 11 is 0. The molecule has 1 aliphatic heterocycles. The minimum absolute atomic E-state index is 0.0322. The molecular weight excluding hydrogens is 476 g/mol. The third-order valence-corrected chi connectivity index (χ3v) is 9.78. The summed E-state index contributed by atoms with van der Waals surface area (Å²) in [6.07, 6.45) is 1.24. The summed E-state index contributed by atoms with van der Waals surface area (Å²) in [5, 5.41) is -0.755. The Balaban J connectivity index is 1.68. The molecule has 1 heterocycles. The van der Waals surface area contributed by atoms with E-state index in [2.05, 4.69) is 0 Å². The number of hydrogen-bond acceptors (Lipinski definition) is 5. The lowest BCUT2D eigenvalue weighted by Crippen LogP contribution is -2.45. The lowest BCUT2D eigenvalue weighted by molar-refractivity contribution is -0.149. The molecule has 35 heavy (non-hydrogen) atoms. The van der Waals surface area contributed by atoms with Gasteiger partial charge in [0.1, 0.15) is 22.7 Å². The maximum absolute atomic E-state index is 15.4. The number of nitrogens with zero attached hydrogens (tertiary/aromatic N) is 1. The Bertz CT molecular complexity index is 1220. The van der Waals surface area contributed by atoms with E-state index in [9.17, 15) is 18.0 Å². The lowest BCUT2D eigenvalue weighted by Gasteiger charge is -2.38. The van der Waals surface area contributed by atoms with E-state index in [-0.39, 0.29) is 55.2 Å². The molecule has 1 saturated carbocycles. The molecule has 0 radical (unpaired) electrons. The molecule has 2 unspecified atom stereocenters. The van der Waals surface area contributed by atoms with Gasteiger partial charge in [-0.2, -0.15) is 4.31 Å². The van der Waals surface area contributed by atoms with Gasteiger partial charge in [-0.25, -0.2) is 17.2 Å². The molecule has 4 rings (SSSR count). The number of rotatable bonds is 5. The minimum Gasteiger partial charge on any atom is -0.468 e. The van der Waals surface area contributed by atoms with Gasteiger partial charge >= 0.3 is 5.97 Å². The van der Waals surface area contributed by atoms with Crippen LogP contribution in [0.25, 0.3) is 0 Å². The van der Waals surface area contributed by atoms with Crippen molar-refractivity contribution in [1.29, 1.82) is 0 Å². The van der Waals surface area contributed by atoms with Crippen LogP contribution >= 0.6 is 0 Å². The van der Waals surface area contributed by atoms with E-state index in [1.165, 1.54) is 11.4 Å². The highest BCUT2D eigenvalue weighted by Gasteiger charge is 2.47. The summed E-state index contributed by atoms with van der Waals surface area (Å²) in [7, 11) is -2.65. The van der Waals surface area contributed by atoms with Gasteiger partial charge in [0.25, 0.3) is 0 Å². The Hall–Kier alpha value is -2.65. The van der Waals surface area contributed by atoms with Crippen LogP contribution < -0.4 is 0 Å². The quantitative estimate of drug-likeness (QED) is 0.556. The van der Waals surface area contributed by atoms with Crippen LogP contribution in [0.15, 0.2) is 42.5 Å². The van der Waals surface area contributed by atoms with Crippen molar-refractivity contribution in [2.24, 2.45) is 0 Å². The fraction of sp³-hybridized carbons (Fsp3) is 0.462. The van der Waals surface area contributed by atoms with Crippen molar-refractivity contribution >= 4 is 21.8 Å². The molecule has 2 aromatic rings. The van der Waals surface area contributed by atoms with Crippen molar-refractivity contribution in [2.45, 2.75) is 68.7 Å². The van der Waals surface area contributed by atoms with E-state index in [4.69, 9.17) is 4.74 Å². The number of ether oxygens (including phenoxy) is 1. The number of ketones is 1. The summed E-state index contributed by atoms with van der Waals surface area (Å²) in [4.78, 5) is 24.4. The first-order valence-corrected chi connectivity index (χ1v) is 13.2.